The molecule has 3 heterocycles. The molecule has 0 unspecified atom stereocenters. The first-order valence-corrected chi connectivity index (χ1v) is 7.48. The number of hydrogen-bond acceptors (Lipinski definition) is 5. The van der Waals surface area contributed by atoms with E-state index in [0.29, 0.717) is 5.92 Å². The molecule has 0 saturated carbocycles. The van der Waals surface area contributed by atoms with Gasteiger partial charge in [0.2, 0.25) is 0 Å². The van der Waals surface area contributed by atoms with Gasteiger partial charge < -0.3 is 10.6 Å². The normalized spacial score (nSPS) is 18.5. The van der Waals surface area contributed by atoms with Gasteiger partial charge in [0.1, 0.15) is 17.5 Å². The van der Waals surface area contributed by atoms with Crippen molar-refractivity contribution in [2.75, 3.05) is 18.4 Å². The van der Waals surface area contributed by atoms with Crippen LogP contribution in [-0.2, 0) is 0 Å². The molecule has 2 aromatic rings. The summed E-state index contributed by atoms with van der Waals surface area (Å²) in [6.07, 6.45) is 2.34. The molecule has 3 rings (SSSR count). The number of nitrogens with zero attached hydrogens (tertiary/aromatic N) is 3. The van der Waals surface area contributed by atoms with Gasteiger partial charge in [0.25, 0.3) is 0 Å². The predicted octanol–water partition coefficient (Wildman–Crippen LogP) is 2.70. The van der Waals surface area contributed by atoms with Crippen LogP contribution in [0.5, 0.6) is 0 Å². The summed E-state index contributed by atoms with van der Waals surface area (Å²) >= 11 is 0. The van der Waals surface area contributed by atoms with E-state index < -0.39 is 0 Å². The van der Waals surface area contributed by atoms with E-state index in [0.717, 1.165) is 48.4 Å². The summed E-state index contributed by atoms with van der Waals surface area (Å²) < 4.78 is 0. The lowest BCUT2D eigenvalue weighted by molar-refractivity contribution is 0.446. The summed E-state index contributed by atoms with van der Waals surface area (Å²) in [5, 5.41) is 6.70. The van der Waals surface area contributed by atoms with E-state index in [-0.39, 0.29) is 0 Å². The Morgan fingerprint density at radius 1 is 1.10 bits per heavy atom. The average molecular weight is 283 g/mol. The van der Waals surface area contributed by atoms with Crippen molar-refractivity contribution >= 4 is 11.6 Å². The molecule has 0 bridgehead atoms. The molecule has 0 amide bonds. The minimum absolute atomic E-state index is 0.407. The number of aromatic nitrogens is 3. The number of nitrogens with one attached hydrogen (secondary N) is 2. The summed E-state index contributed by atoms with van der Waals surface area (Å²) in [7, 11) is 0. The Bertz CT molecular complexity index is 620. The minimum Gasteiger partial charge on any atom is -0.325 e. The second-order valence-electron chi connectivity index (χ2n) is 5.59. The Hall–Kier alpha value is -2.01. The summed E-state index contributed by atoms with van der Waals surface area (Å²) in [6, 6.07) is 7.89. The fourth-order valence-electron chi connectivity index (χ4n) is 2.65. The van der Waals surface area contributed by atoms with Crippen molar-refractivity contribution < 1.29 is 0 Å². The van der Waals surface area contributed by atoms with E-state index in [1.807, 2.05) is 38.1 Å². The van der Waals surface area contributed by atoms with Gasteiger partial charge in [0.15, 0.2) is 0 Å². The van der Waals surface area contributed by atoms with E-state index in [4.69, 9.17) is 0 Å². The fraction of sp³-hybridized carbons (Fsp3) is 0.438. The monoisotopic (exact) mass is 283 g/mol. The van der Waals surface area contributed by atoms with Gasteiger partial charge in [-0.25, -0.2) is 15.0 Å². The van der Waals surface area contributed by atoms with Crippen molar-refractivity contribution in [3.05, 3.63) is 41.5 Å². The van der Waals surface area contributed by atoms with Gasteiger partial charge >= 0.3 is 0 Å². The molecule has 1 aliphatic rings. The number of anilines is 2. The Balaban J connectivity index is 1.83. The molecular formula is C16H21N5. The molecule has 1 saturated heterocycles. The molecular weight excluding hydrogens is 262 g/mol. The molecule has 1 fully saturated rings. The Morgan fingerprint density at radius 3 is 2.76 bits per heavy atom. The van der Waals surface area contributed by atoms with E-state index in [2.05, 4.69) is 25.6 Å². The van der Waals surface area contributed by atoms with Crippen molar-refractivity contribution in [2.24, 2.45) is 0 Å². The highest BCUT2D eigenvalue weighted by atomic mass is 15.1. The van der Waals surface area contributed by atoms with Gasteiger partial charge in [-0.2, -0.15) is 0 Å². The zero-order valence-electron chi connectivity index (χ0n) is 12.6. The van der Waals surface area contributed by atoms with Gasteiger partial charge in [-0.3, -0.25) is 0 Å². The highest BCUT2D eigenvalue weighted by Crippen LogP contribution is 2.22. The second kappa shape index (κ2) is 6.18. The fourth-order valence-corrected chi connectivity index (χ4v) is 2.65. The molecule has 0 aromatic carbocycles. The first kappa shape index (κ1) is 13.9. The van der Waals surface area contributed by atoms with Crippen LogP contribution < -0.4 is 10.6 Å². The number of pyridine rings is 1. The molecule has 1 aliphatic heterocycles. The average Bonchev–Trinajstić information content (AvgIpc) is 2.47. The molecule has 0 spiro atoms. The molecule has 2 aromatic heterocycles. The number of hydrogen-bond donors (Lipinski definition) is 2. The lowest BCUT2D eigenvalue weighted by Gasteiger charge is -2.22. The maximum Gasteiger partial charge on any atom is 0.135 e. The van der Waals surface area contributed by atoms with Crippen LogP contribution in [0.4, 0.5) is 11.6 Å². The second-order valence-corrected chi connectivity index (χ2v) is 5.59. The molecule has 110 valence electrons. The van der Waals surface area contributed by atoms with Crippen LogP contribution in [0.25, 0.3) is 0 Å². The van der Waals surface area contributed by atoms with Crippen molar-refractivity contribution in [1.82, 2.24) is 20.3 Å². The van der Waals surface area contributed by atoms with Crippen LogP contribution in [-0.4, -0.2) is 28.0 Å². The van der Waals surface area contributed by atoms with Crippen LogP contribution in [0.2, 0.25) is 0 Å². The third kappa shape index (κ3) is 3.55. The first-order chi connectivity index (χ1) is 10.2. The highest BCUT2D eigenvalue weighted by molar-refractivity contribution is 5.52. The van der Waals surface area contributed by atoms with Gasteiger partial charge in [-0.15, -0.1) is 0 Å². The summed E-state index contributed by atoms with van der Waals surface area (Å²) in [6.45, 7) is 6.05. The molecule has 1 atom stereocenters. The van der Waals surface area contributed by atoms with Crippen LogP contribution in [0.3, 0.4) is 0 Å². The molecule has 2 N–H and O–H groups in total. The molecule has 0 radical (unpaired) electrons. The van der Waals surface area contributed by atoms with Gasteiger partial charge in [0.05, 0.1) is 0 Å². The van der Waals surface area contributed by atoms with Crippen molar-refractivity contribution in [3.8, 4) is 0 Å². The van der Waals surface area contributed by atoms with Crippen LogP contribution in [0.15, 0.2) is 24.3 Å². The van der Waals surface area contributed by atoms with Crippen molar-refractivity contribution in [1.29, 1.82) is 0 Å². The number of aryl methyl sites for hydroxylation is 2. The topological polar surface area (TPSA) is 62.7 Å². The molecule has 5 heteroatoms. The Kier molecular flexibility index (Phi) is 4.10. The molecule has 21 heavy (non-hydrogen) atoms. The zero-order chi connectivity index (χ0) is 14.7. The third-order valence-corrected chi connectivity index (χ3v) is 3.68. The maximum atomic E-state index is 4.68. The molecule has 5 nitrogen and oxygen atoms in total. The standard InChI is InChI=1S/C16H21N5/c1-11-5-3-7-14(18-11)20-15-9-12(2)19-16(21-15)13-6-4-8-17-10-13/h3,5,7,9,13,17H,4,6,8,10H2,1-2H3,(H,18,19,20,21)/t13-/m1/s1. The van der Waals surface area contributed by atoms with E-state index >= 15 is 0 Å². The lowest BCUT2D eigenvalue weighted by atomic mass is 9.99. The Morgan fingerprint density at radius 2 is 2.00 bits per heavy atom. The van der Waals surface area contributed by atoms with Gasteiger partial charge in [-0.1, -0.05) is 6.07 Å². The minimum atomic E-state index is 0.407. The van der Waals surface area contributed by atoms with Crippen LogP contribution in [0.1, 0.15) is 36.0 Å². The van der Waals surface area contributed by atoms with Crippen LogP contribution >= 0.6 is 0 Å². The largest absolute Gasteiger partial charge is 0.325 e. The van der Waals surface area contributed by atoms with E-state index in [1.54, 1.807) is 0 Å². The highest BCUT2D eigenvalue weighted by Gasteiger charge is 2.18. The summed E-state index contributed by atoms with van der Waals surface area (Å²) in [4.78, 5) is 13.7. The summed E-state index contributed by atoms with van der Waals surface area (Å²) in [5.74, 6) is 2.98. The van der Waals surface area contributed by atoms with Crippen molar-refractivity contribution in [2.45, 2.75) is 32.6 Å². The van der Waals surface area contributed by atoms with Crippen LogP contribution in [0, 0.1) is 13.8 Å². The quantitative estimate of drug-likeness (QED) is 0.907. The zero-order valence-corrected chi connectivity index (χ0v) is 12.6. The maximum absolute atomic E-state index is 4.68. The Labute approximate surface area is 125 Å². The lowest BCUT2D eigenvalue weighted by Crippen LogP contribution is -2.29. The SMILES string of the molecule is Cc1cccc(Nc2cc(C)nc([C@@H]3CCCNC3)n2)n1. The van der Waals surface area contributed by atoms with E-state index in [9.17, 15) is 0 Å². The predicted molar refractivity (Wildman–Crippen MR) is 83.9 cm³/mol. The third-order valence-electron chi connectivity index (χ3n) is 3.68. The first-order valence-electron chi connectivity index (χ1n) is 7.48. The number of piperidine rings is 1. The van der Waals surface area contributed by atoms with Crippen molar-refractivity contribution in [3.63, 3.8) is 0 Å². The molecule has 0 aliphatic carbocycles. The van der Waals surface area contributed by atoms with Gasteiger partial charge in [0, 0.05) is 29.9 Å². The summed E-state index contributed by atoms with van der Waals surface area (Å²) in [5.41, 5.74) is 1.98. The smallest absolute Gasteiger partial charge is 0.135 e. The van der Waals surface area contributed by atoms with E-state index in [1.165, 1.54) is 6.42 Å². The number of rotatable bonds is 3. The van der Waals surface area contributed by atoms with Gasteiger partial charge in [-0.05, 0) is 45.4 Å².